The van der Waals surface area contributed by atoms with Crippen molar-refractivity contribution in [3.05, 3.63) is 0 Å². The number of carbonyl (C=O) groups is 1. The summed E-state index contributed by atoms with van der Waals surface area (Å²) < 4.78 is 14.8. The van der Waals surface area contributed by atoms with Gasteiger partial charge in [0.25, 0.3) is 0 Å². The standard InChI is InChI=1S/C14H29N3O4.HI/c1-15-14(16-8-5-4-7-13(18)20-3)17-9-6-10-21-12-11-19-2;/h4-12H2,1-3H3,(H2,15,16,17);1H. The predicted octanol–water partition coefficient (Wildman–Crippen LogP) is 1.17. The van der Waals surface area contributed by atoms with E-state index in [1.54, 1.807) is 14.2 Å². The summed E-state index contributed by atoms with van der Waals surface area (Å²) in [4.78, 5) is 15.1. The Balaban J connectivity index is 0. The maximum absolute atomic E-state index is 10.9. The monoisotopic (exact) mass is 431 g/mol. The molecule has 0 unspecified atom stereocenters. The zero-order chi connectivity index (χ0) is 15.8. The van der Waals surface area contributed by atoms with Crippen molar-refractivity contribution < 1.29 is 19.0 Å². The number of hydrogen-bond donors (Lipinski definition) is 2. The fraction of sp³-hybridized carbons (Fsp3) is 0.857. The van der Waals surface area contributed by atoms with Crippen LogP contribution in [0.4, 0.5) is 0 Å². The fourth-order valence-corrected chi connectivity index (χ4v) is 1.55. The van der Waals surface area contributed by atoms with Gasteiger partial charge in [-0.15, -0.1) is 24.0 Å². The van der Waals surface area contributed by atoms with Crippen LogP contribution in [0, 0.1) is 0 Å². The van der Waals surface area contributed by atoms with Gasteiger partial charge in [-0.1, -0.05) is 0 Å². The minimum Gasteiger partial charge on any atom is -0.469 e. The number of nitrogens with one attached hydrogen (secondary N) is 2. The van der Waals surface area contributed by atoms with Crippen LogP contribution in [0.5, 0.6) is 0 Å². The Hall–Kier alpha value is -0.610. The van der Waals surface area contributed by atoms with Gasteiger partial charge in [-0.25, -0.2) is 0 Å². The maximum atomic E-state index is 10.9. The third-order valence-corrected chi connectivity index (χ3v) is 2.74. The number of rotatable bonds is 12. The summed E-state index contributed by atoms with van der Waals surface area (Å²) >= 11 is 0. The third kappa shape index (κ3) is 15.8. The first kappa shape index (κ1) is 23.7. The van der Waals surface area contributed by atoms with E-state index >= 15 is 0 Å². The minimum atomic E-state index is -0.161. The van der Waals surface area contributed by atoms with E-state index < -0.39 is 0 Å². The molecule has 0 fully saturated rings. The highest BCUT2D eigenvalue weighted by molar-refractivity contribution is 14.0. The summed E-state index contributed by atoms with van der Waals surface area (Å²) in [6, 6.07) is 0. The van der Waals surface area contributed by atoms with Gasteiger partial charge in [0.2, 0.25) is 0 Å². The van der Waals surface area contributed by atoms with Crippen LogP contribution in [0.25, 0.3) is 0 Å². The van der Waals surface area contributed by atoms with E-state index in [4.69, 9.17) is 9.47 Å². The summed E-state index contributed by atoms with van der Waals surface area (Å²) in [6.07, 6.45) is 3.08. The molecule has 0 radical (unpaired) electrons. The van der Waals surface area contributed by atoms with Crippen LogP contribution in [0.1, 0.15) is 25.7 Å². The Morgan fingerprint density at radius 2 is 1.68 bits per heavy atom. The van der Waals surface area contributed by atoms with Gasteiger partial charge in [-0.2, -0.15) is 0 Å². The second-order valence-corrected chi connectivity index (χ2v) is 4.42. The van der Waals surface area contributed by atoms with E-state index in [2.05, 4.69) is 20.4 Å². The molecule has 7 nitrogen and oxygen atoms in total. The summed E-state index contributed by atoms with van der Waals surface area (Å²) in [6.45, 7) is 3.54. The number of methoxy groups -OCH3 is 2. The average molecular weight is 431 g/mol. The summed E-state index contributed by atoms with van der Waals surface area (Å²) in [5, 5.41) is 6.41. The highest BCUT2D eigenvalue weighted by Crippen LogP contribution is 1.95. The molecule has 0 saturated heterocycles. The Kier molecular flexibility index (Phi) is 19.8. The number of unbranched alkanes of at least 4 members (excludes halogenated alkanes) is 1. The Morgan fingerprint density at radius 1 is 1.00 bits per heavy atom. The van der Waals surface area contributed by atoms with Crippen molar-refractivity contribution in [2.75, 3.05) is 54.2 Å². The second-order valence-electron chi connectivity index (χ2n) is 4.42. The Morgan fingerprint density at radius 3 is 2.27 bits per heavy atom. The van der Waals surface area contributed by atoms with E-state index in [0.29, 0.717) is 26.2 Å². The van der Waals surface area contributed by atoms with Gasteiger partial charge >= 0.3 is 5.97 Å². The zero-order valence-electron chi connectivity index (χ0n) is 13.9. The van der Waals surface area contributed by atoms with Crippen molar-refractivity contribution >= 4 is 35.9 Å². The first-order valence-electron chi connectivity index (χ1n) is 7.32. The molecule has 0 aromatic heterocycles. The van der Waals surface area contributed by atoms with E-state index in [1.165, 1.54) is 7.11 Å². The van der Waals surface area contributed by atoms with Crippen LogP contribution < -0.4 is 10.6 Å². The molecule has 0 aliphatic carbocycles. The third-order valence-electron chi connectivity index (χ3n) is 2.74. The molecule has 0 amide bonds. The molecule has 22 heavy (non-hydrogen) atoms. The molecule has 0 aromatic rings. The molecule has 0 atom stereocenters. The Bertz CT molecular complexity index is 291. The topological polar surface area (TPSA) is 81.2 Å². The van der Waals surface area contributed by atoms with Crippen LogP contribution in [-0.4, -0.2) is 66.1 Å². The van der Waals surface area contributed by atoms with E-state index in [1.807, 2.05) is 0 Å². The molecule has 0 heterocycles. The lowest BCUT2D eigenvalue weighted by Crippen LogP contribution is -2.38. The number of esters is 1. The molecule has 0 spiro atoms. The molecule has 2 N–H and O–H groups in total. The molecule has 0 aliphatic rings. The summed E-state index contributed by atoms with van der Waals surface area (Å²) in [5.41, 5.74) is 0. The normalized spacial score (nSPS) is 10.8. The second kappa shape index (κ2) is 18.4. The van der Waals surface area contributed by atoms with Crippen LogP contribution in [0.15, 0.2) is 4.99 Å². The lowest BCUT2D eigenvalue weighted by Gasteiger charge is -2.11. The van der Waals surface area contributed by atoms with Crippen molar-refractivity contribution in [1.82, 2.24) is 10.6 Å². The number of ether oxygens (including phenoxy) is 3. The molecule has 0 saturated carbocycles. The molecule has 132 valence electrons. The fourth-order valence-electron chi connectivity index (χ4n) is 1.55. The van der Waals surface area contributed by atoms with Gasteiger partial charge in [0.15, 0.2) is 5.96 Å². The van der Waals surface area contributed by atoms with Gasteiger partial charge < -0.3 is 24.8 Å². The van der Waals surface area contributed by atoms with Crippen LogP contribution in [0.2, 0.25) is 0 Å². The van der Waals surface area contributed by atoms with Gasteiger partial charge in [-0.05, 0) is 19.3 Å². The van der Waals surface area contributed by atoms with Crippen molar-refractivity contribution in [3.8, 4) is 0 Å². The Labute approximate surface area is 150 Å². The number of aliphatic imine (C=N–C) groups is 1. The molecule has 0 aliphatic heterocycles. The van der Waals surface area contributed by atoms with Crippen molar-refractivity contribution in [2.45, 2.75) is 25.7 Å². The maximum Gasteiger partial charge on any atom is 0.305 e. The van der Waals surface area contributed by atoms with E-state index in [9.17, 15) is 4.79 Å². The SMILES string of the molecule is CN=C(NCCCCC(=O)OC)NCCCOCCOC.I. The predicted molar refractivity (Wildman–Crippen MR) is 98.0 cm³/mol. The van der Waals surface area contributed by atoms with Gasteiger partial charge in [0.1, 0.15) is 0 Å². The molecule has 0 rings (SSSR count). The van der Waals surface area contributed by atoms with E-state index in [0.717, 1.165) is 38.3 Å². The van der Waals surface area contributed by atoms with Crippen LogP contribution >= 0.6 is 24.0 Å². The molecule has 0 bridgehead atoms. The van der Waals surface area contributed by atoms with Gasteiger partial charge in [-0.3, -0.25) is 9.79 Å². The summed E-state index contributed by atoms with van der Waals surface area (Å²) in [5.74, 6) is 0.607. The van der Waals surface area contributed by atoms with Crippen LogP contribution in [0.3, 0.4) is 0 Å². The lowest BCUT2D eigenvalue weighted by atomic mass is 10.2. The number of nitrogens with zero attached hydrogens (tertiary/aromatic N) is 1. The quantitative estimate of drug-likeness (QED) is 0.159. The van der Waals surface area contributed by atoms with Gasteiger partial charge in [0, 0.05) is 40.3 Å². The van der Waals surface area contributed by atoms with Crippen molar-refractivity contribution in [2.24, 2.45) is 4.99 Å². The van der Waals surface area contributed by atoms with Crippen LogP contribution in [-0.2, 0) is 19.0 Å². The first-order valence-corrected chi connectivity index (χ1v) is 7.32. The molecule has 8 heteroatoms. The number of carbonyl (C=O) groups excluding carboxylic acids is 1. The van der Waals surface area contributed by atoms with Crippen molar-refractivity contribution in [1.29, 1.82) is 0 Å². The smallest absolute Gasteiger partial charge is 0.305 e. The number of halogens is 1. The van der Waals surface area contributed by atoms with Gasteiger partial charge in [0.05, 0.1) is 20.3 Å². The average Bonchev–Trinajstić information content (AvgIpc) is 2.51. The highest BCUT2D eigenvalue weighted by Gasteiger charge is 2.00. The number of hydrogen-bond acceptors (Lipinski definition) is 5. The lowest BCUT2D eigenvalue weighted by molar-refractivity contribution is -0.140. The highest BCUT2D eigenvalue weighted by atomic mass is 127. The number of guanidine groups is 1. The first-order chi connectivity index (χ1) is 10.2. The zero-order valence-corrected chi connectivity index (χ0v) is 16.2. The minimum absolute atomic E-state index is 0. The van der Waals surface area contributed by atoms with E-state index in [-0.39, 0.29) is 29.9 Å². The van der Waals surface area contributed by atoms with Crippen molar-refractivity contribution in [3.63, 3.8) is 0 Å². The molecular weight excluding hydrogens is 401 g/mol. The largest absolute Gasteiger partial charge is 0.469 e. The summed E-state index contributed by atoms with van der Waals surface area (Å²) in [7, 11) is 4.80. The molecule has 0 aromatic carbocycles. The molecular formula is C14H30IN3O4.